The van der Waals surface area contributed by atoms with Crippen molar-refractivity contribution in [3.05, 3.63) is 29.3 Å². The van der Waals surface area contributed by atoms with Gasteiger partial charge in [-0.15, -0.1) is 11.8 Å². The first-order chi connectivity index (χ1) is 8.20. The normalized spacial score (nSPS) is 15.4. The summed E-state index contributed by atoms with van der Waals surface area (Å²) in [6.45, 7) is 1.71. The monoisotopic (exact) mass is 252 g/mol. The lowest BCUT2D eigenvalue weighted by Crippen LogP contribution is -2.30. The van der Waals surface area contributed by atoms with E-state index in [1.54, 1.807) is 7.11 Å². The van der Waals surface area contributed by atoms with E-state index >= 15 is 0 Å². The molecule has 0 spiro atoms. The third-order valence-corrected chi connectivity index (χ3v) is 3.89. The minimum absolute atomic E-state index is 0.0356. The van der Waals surface area contributed by atoms with Crippen LogP contribution in [0.15, 0.2) is 18.2 Å². The van der Waals surface area contributed by atoms with Gasteiger partial charge in [0.2, 0.25) is 0 Å². The second kappa shape index (κ2) is 5.42. The van der Waals surface area contributed by atoms with Crippen molar-refractivity contribution in [1.82, 2.24) is 0 Å². The number of ether oxygens (including phenoxy) is 2. The van der Waals surface area contributed by atoms with Crippen molar-refractivity contribution in [2.45, 2.75) is 11.0 Å². The van der Waals surface area contributed by atoms with Crippen molar-refractivity contribution in [2.24, 2.45) is 5.73 Å². The molecule has 1 saturated heterocycles. The number of hydrogen-bond acceptors (Lipinski definition) is 4. The zero-order chi connectivity index (χ0) is 12.3. The van der Waals surface area contributed by atoms with Crippen molar-refractivity contribution >= 4 is 17.6 Å². The highest BCUT2D eigenvalue weighted by molar-refractivity contribution is 7.99. The van der Waals surface area contributed by atoms with E-state index in [1.165, 1.54) is 5.56 Å². The lowest BCUT2D eigenvalue weighted by molar-refractivity contribution is 0.0455. The zero-order valence-corrected chi connectivity index (χ0v) is 10.5. The van der Waals surface area contributed by atoms with Gasteiger partial charge in [0.15, 0.2) is 0 Å². The van der Waals surface area contributed by atoms with Crippen LogP contribution in [0, 0.1) is 5.41 Å². The summed E-state index contributed by atoms with van der Waals surface area (Å²) in [6.07, 6.45) is 0. The van der Waals surface area contributed by atoms with Crippen molar-refractivity contribution in [3.63, 3.8) is 0 Å². The Morgan fingerprint density at radius 1 is 1.59 bits per heavy atom. The summed E-state index contributed by atoms with van der Waals surface area (Å²) in [5.41, 5.74) is 7.31. The van der Waals surface area contributed by atoms with Gasteiger partial charge in [-0.2, -0.15) is 0 Å². The number of hydrogen-bond donors (Lipinski definition) is 2. The molecule has 0 radical (unpaired) electrons. The van der Waals surface area contributed by atoms with Gasteiger partial charge in [-0.3, -0.25) is 5.41 Å². The van der Waals surface area contributed by atoms with E-state index in [0.29, 0.717) is 16.6 Å². The van der Waals surface area contributed by atoms with Gasteiger partial charge in [-0.1, -0.05) is 6.07 Å². The van der Waals surface area contributed by atoms with Crippen LogP contribution in [0.5, 0.6) is 5.75 Å². The third kappa shape index (κ3) is 2.92. The number of thioether (sulfide) groups is 1. The predicted molar refractivity (Wildman–Crippen MR) is 69.9 cm³/mol. The maximum Gasteiger partial charge on any atom is 0.130 e. The largest absolute Gasteiger partial charge is 0.496 e. The highest BCUT2D eigenvalue weighted by Gasteiger charge is 2.18. The lowest BCUT2D eigenvalue weighted by atomic mass is 10.1. The average molecular weight is 252 g/mol. The summed E-state index contributed by atoms with van der Waals surface area (Å²) < 4.78 is 10.4. The summed E-state index contributed by atoms with van der Waals surface area (Å²) >= 11 is 1.88. The molecule has 0 amide bonds. The van der Waals surface area contributed by atoms with Crippen LogP contribution in [0.25, 0.3) is 0 Å². The molecule has 92 valence electrons. The maximum atomic E-state index is 7.44. The minimum Gasteiger partial charge on any atom is -0.496 e. The van der Waals surface area contributed by atoms with Crippen LogP contribution < -0.4 is 10.5 Å². The van der Waals surface area contributed by atoms with Crippen molar-refractivity contribution in [2.75, 3.05) is 20.3 Å². The molecule has 0 unspecified atom stereocenters. The molecule has 2 rings (SSSR count). The zero-order valence-electron chi connectivity index (χ0n) is 9.73. The molecule has 0 atom stereocenters. The maximum absolute atomic E-state index is 7.44. The van der Waals surface area contributed by atoms with E-state index in [9.17, 15) is 0 Å². The standard InChI is InChI=1S/C12H16N2O2S/c1-15-11-4-8(2-3-10(11)12(13)14)7-17-9-5-16-6-9/h2-4,9H,5-7H2,1H3,(H3,13,14). The Morgan fingerprint density at radius 2 is 2.35 bits per heavy atom. The van der Waals surface area contributed by atoms with Gasteiger partial charge < -0.3 is 15.2 Å². The van der Waals surface area contributed by atoms with E-state index in [4.69, 9.17) is 20.6 Å². The van der Waals surface area contributed by atoms with Crippen LogP contribution in [-0.2, 0) is 10.5 Å². The summed E-state index contributed by atoms with van der Waals surface area (Å²) in [5.74, 6) is 1.64. The SMILES string of the molecule is COc1cc(CSC2COC2)ccc1C(=N)N. The Bertz CT molecular complexity index is 419. The van der Waals surface area contributed by atoms with Crippen molar-refractivity contribution in [1.29, 1.82) is 5.41 Å². The van der Waals surface area contributed by atoms with Crippen LogP contribution in [0.2, 0.25) is 0 Å². The van der Waals surface area contributed by atoms with Crippen LogP contribution in [-0.4, -0.2) is 31.4 Å². The molecule has 4 nitrogen and oxygen atoms in total. The van der Waals surface area contributed by atoms with Crippen LogP contribution >= 0.6 is 11.8 Å². The summed E-state index contributed by atoms with van der Waals surface area (Å²) in [7, 11) is 1.60. The second-order valence-electron chi connectivity index (χ2n) is 3.92. The van der Waals surface area contributed by atoms with Gasteiger partial charge in [0.1, 0.15) is 11.6 Å². The second-order valence-corrected chi connectivity index (χ2v) is 5.21. The number of rotatable bonds is 5. The summed E-state index contributed by atoms with van der Waals surface area (Å²) in [4.78, 5) is 0. The van der Waals surface area contributed by atoms with Gasteiger partial charge in [0.25, 0.3) is 0 Å². The molecule has 0 aromatic heterocycles. The fourth-order valence-corrected chi connectivity index (χ4v) is 2.56. The van der Waals surface area contributed by atoms with Gasteiger partial charge in [-0.25, -0.2) is 0 Å². The predicted octanol–water partition coefficient (Wildman–Crippen LogP) is 1.61. The van der Waals surface area contributed by atoms with E-state index in [1.807, 2.05) is 30.0 Å². The van der Waals surface area contributed by atoms with Gasteiger partial charge in [0.05, 0.1) is 31.1 Å². The molecule has 1 fully saturated rings. The number of nitrogens with two attached hydrogens (primary N) is 1. The topological polar surface area (TPSA) is 68.3 Å². The first-order valence-corrected chi connectivity index (χ1v) is 6.46. The highest BCUT2D eigenvalue weighted by Crippen LogP contribution is 2.26. The third-order valence-electron chi connectivity index (χ3n) is 2.65. The van der Waals surface area contributed by atoms with Gasteiger partial charge >= 0.3 is 0 Å². The number of methoxy groups -OCH3 is 1. The summed E-state index contributed by atoms with van der Waals surface area (Å²) in [5, 5.41) is 8.05. The van der Waals surface area contributed by atoms with E-state index < -0.39 is 0 Å². The molecule has 1 aliphatic heterocycles. The molecule has 0 aliphatic carbocycles. The smallest absolute Gasteiger partial charge is 0.130 e. The number of amidine groups is 1. The van der Waals surface area contributed by atoms with Gasteiger partial charge in [-0.05, 0) is 17.7 Å². The average Bonchev–Trinajstić information content (AvgIpc) is 2.26. The van der Waals surface area contributed by atoms with Crippen LogP contribution in [0.4, 0.5) is 0 Å². The Labute approximate surface area is 105 Å². The molecule has 0 saturated carbocycles. The summed E-state index contributed by atoms with van der Waals surface area (Å²) in [6, 6.07) is 5.78. The molecule has 17 heavy (non-hydrogen) atoms. The Hall–Kier alpha value is -1.20. The molecule has 5 heteroatoms. The number of nitrogens with one attached hydrogen (secondary N) is 1. The first kappa shape index (κ1) is 12.3. The molecule has 1 aromatic carbocycles. The Kier molecular flexibility index (Phi) is 3.91. The Morgan fingerprint density at radius 3 is 2.88 bits per heavy atom. The quantitative estimate of drug-likeness (QED) is 0.617. The lowest BCUT2D eigenvalue weighted by Gasteiger charge is -2.25. The van der Waals surface area contributed by atoms with Gasteiger partial charge in [0, 0.05) is 5.75 Å². The molecule has 3 N–H and O–H groups in total. The number of benzene rings is 1. The number of nitrogen functional groups attached to an aromatic ring is 1. The highest BCUT2D eigenvalue weighted by atomic mass is 32.2. The minimum atomic E-state index is 0.0356. The van der Waals surface area contributed by atoms with Crippen molar-refractivity contribution in [3.8, 4) is 5.75 Å². The molecular formula is C12H16N2O2S. The molecule has 1 heterocycles. The first-order valence-electron chi connectivity index (χ1n) is 5.41. The molecule has 1 aliphatic rings. The van der Waals surface area contributed by atoms with E-state index in [0.717, 1.165) is 19.0 Å². The molecular weight excluding hydrogens is 236 g/mol. The van der Waals surface area contributed by atoms with Crippen molar-refractivity contribution < 1.29 is 9.47 Å². The molecule has 0 bridgehead atoms. The van der Waals surface area contributed by atoms with E-state index in [2.05, 4.69) is 0 Å². The Balaban J connectivity index is 2.04. The fraction of sp³-hybridized carbons (Fsp3) is 0.417. The fourth-order valence-electron chi connectivity index (χ4n) is 1.57. The van der Waals surface area contributed by atoms with Crippen LogP contribution in [0.3, 0.4) is 0 Å². The van der Waals surface area contributed by atoms with Crippen LogP contribution in [0.1, 0.15) is 11.1 Å². The molecule has 1 aromatic rings. The van der Waals surface area contributed by atoms with E-state index in [-0.39, 0.29) is 5.84 Å².